The van der Waals surface area contributed by atoms with Gasteiger partial charge < -0.3 is 9.84 Å². The Morgan fingerprint density at radius 2 is 1.71 bits per heavy atom. The maximum absolute atomic E-state index is 13.9. The number of hydrogen-bond donors (Lipinski definition) is 1. The minimum absolute atomic E-state index is 0.187. The molecule has 0 aliphatic rings. The number of carboxylic acids is 1. The molecule has 0 saturated carbocycles. The average Bonchev–Trinajstić information content (AvgIpc) is 2.44. The van der Waals surface area contributed by atoms with Gasteiger partial charge in [-0.25, -0.2) is 27.2 Å². The van der Waals surface area contributed by atoms with Crippen LogP contribution in [0, 0.1) is 23.3 Å². The first-order valence-corrected chi connectivity index (χ1v) is 6.57. The van der Waals surface area contributed by atoms with Crippen LogP contribution in [0.25, 0.3) is 0 Å². The summed E-state index contributed by atoms with van der Waals surface area (Å²) in [6.45, 7) is 4.16. The molecule has 0 aliphatic heterocycles. The summed E-state index contributed by atoms with van der Waals surface area (Å²) in [5.74, 6) is -9.84. The number of carbonyl (C=O) groups excluding carboxylic acids is 1. The third-order valence-corrected chi connectivity index (χ3v) is 2.72. The summed E-state index contributed by atoms with van der Waals surface area (Å²) in [6, 6.07) is -2.15. The van der Waals surface area contributed by atoms with Gasteiger partial charge in [0, 0.05) is 6.42 Å². The van der Waals surface area contributed by atoms with Crippen molar-refractivity contribution in [1.82, 2.24) is 5.12 Å². The molecule has 1 atom stereocenters. The monoisotopic (exact) mass is 355 g/mol. The number of halogens is 5. The second-order valence-electron chi connectivity index (χ2n) is 5.81. The van der Waals surface area contributed by atoms with Gasteiger partial charge in [0.2, 0.25) is 0 Å². The van der Waals surface area contributed by atoms with Crippen LogP contribution in [-0.2, 0) is 16.0 Å². The van der Waals surface area contributed by atoms with E-state index in [2.05, 4.69) is 4.74 Å². The molecule has 10 heteroatoms. The fourth-order valence-corrected chi connectivity index (χ4v) is 1.68. The first kappa shape index (κ1) is 19.7. The molecule has 1 N–H and O–H groups in total. The number of carbonyl (C=O) groups is 2. The minimum Gasteiger partial charge on any atom is -0.480 e. The van der Waals surface area contributed by atoms with Gasteiger partial charge in [-0.2, -0.15) is 0 Å². The van der Waals surface area contributed by atoms with Crippen molar-refractivity contribution >= 4 is 12.1 Å². The quantitative estimate of drug-likeness (QED) is 0.389. The summed E-state index contributed by atoms with van der Waals surface area (Å²) < 4.78 is 71.3. The molecular formula is C14H14F5NO4. The molecular weight excluding hydrogens is 341 g/mol. The molecule has 5 nitrogen and oxygen atoms in total. The largest absolute Gasteiger partial charge is 0.480 e. The zero-order valence-electron chi connectivity index (χ0n) is 12.9. The molecule has 1 aromatic carbocycles. The summed E-state index contributed by atoms with van der Waals surface area (Å²) >= 11 is 0. The third-order valence-electron chi connectivity index (χ3n) is 2.72. The first-order chi connectivity index (χ1) is 10.8. The lowest BCUT2D eigenvalue weighted by molar-refractivity contribution is -0.150. The number of aliphatic carboxylic acids is 1. The molecule has 0 aromatic heterocycles. The second-order valence-corrected chi connectivity index (χ2v) is 5.81. The summed E-state index contributed by atoms with van der Waals surface area (Å²) in [7, 11) is 0. The van der Waals surface area contributed by atoms with Crippen molar-refractivity contribution in [3.8, 4) is 0 Å². The van der Waals surface area contributed by atoms with E-state index in [1.54, 1.807) is 0 Å². The highest BCUT2D eigenvalue weighted by Crippen LogP contribution is 2.22. The van der Waals surface area contributed by atoms with Crippen molar-refractivity contribution in [2.24, 2.45) is 0 Å². The van der Waals surface area contributed by atoms with E-state index in [0.29, 0.717) is 0 Å². The molecule has 24 heavy (non-hydrogen) atoms. The van der Waals surface area contributed by atoms with E-state index < -0.39 is 64.1 Å². The van der Waals surface area contributed by atoms with E-state index in [-0.39, 0.29) is 6.07 Å². The highest BCUT2D eigenvalue weighted by atomic mass is 19.2. The van der Waals surface area contributed by atoms with Gasteiger partial charge >= 0.3 is 12.1 Å². The van der Waals surface area contributed by atoms with E-state index in [0.717, 1.165) is 0 Å². The average molecular weight is 355 g/mol. The van der Waals surface area contributed by atoms with Crippen molar-refractivity contribution in [2.75, 3.05) is 0 Å². The van der Waals surface area contributed by atoms with Crippen LogP contribution in [0.1, 0.15) is 26.3 Å². The molecule has 1 amide bonds. The molecule has 134 valence electrons. The second kappa shape index (κ2) is 7.02. The summed E-state index contributed by atoms with van der Waals surface area (Å²) in [5, 5.41) is 8.12. The molecule has 1 rings (SSSR count). The van der Waals surface area contributed by atoms with Crippen LogP contribution in [0.4, 0.5) is 26.8 Å². The Morgan fingerprint density at radius 3 is 2.17 bits per heavy atom. The van der Waals surface area contributed by atoms with E-state index in [1.165, 1.54) is 20.8 Å². The summed E-state index contributed by atoms with van der Waals surface area (Å²) in [5.41, 5.74) is -2.10. The third kappa shape index (κ3) is 4.56. The van der Waals surface area contributed by atoms with E-state index in [1.807, 2.05) is 0 Å². The van der Waals surface area contributed by atoms with Crippen LogP contribution < -0.4 is 0 Å². The Balaban J connectivity index is 3.12. The Kier molecular flexibility index (Phi) is 5.75. The van der Waals surface area contributed by atoms with Crippen molar-refractivity contribution < 1.29 is 41.5 Å². The zero-order valence-corrected chi connectivity index (χ0v) is 12.9. The van der Waals surface area contributed by atoms with Gasteiger partial charge in [-0.05, 0) is 32.4 Å². The van der Waals surface area contributed by atoms with Gasteiger partial charge in [0.1, 0.15) is 5.60 Å². The van der Waals surface area contributed by atoms with Crippen molar-refractivity contribution in [3.63, 3.8) is 0 Å². The molecule has 0 heterocycles. The summed E-state index contributed by atoms with van der Waals surface area (Å²) in [6.07, 6.45) is -2.83. The molecule has 1 unspecified atom stereocenters. The smallest absolute Gasteiger partial charge is 0.439 e. The number of amides is 1. The summed E-state index contributed by atoms with van der Waals surface area (Å²) in [4.78, 5) is 22.6. The predicted molar refractivity (Wildman–Crippen MR) is 70.6 cm³/mol. The first-order valence-electron chi connectivity index (χ1n) is 6.57. The molecule has 0 spiro atoms. The van der Waals surface area contributed by atoms with Crippen molar-refractivity contribution in [2.45, 2.75) is 38.8 Å². The van der Waals surface area contributed by atoms with Crippen LogP contribution in [0.3, 0.4) is 0 Å². The Morgan fingerprint density at radius 1 is 1.17 bits per heavy atom. The normalized spacial score (nSPS) is 12.7. The minimum atomic E-state index is -2.33. The highest BCUT2D eigenvalue weighted by molar-refractivity contribution is 5.79. The van der Waals surface area contributed by atoms with Crippen LogP contribution in [-0.4, -0.2) is 33.9 Å². The topological polar surface area (TPSA) is 66.8 Å². The predicted octanol–water partition coefficient (Wildman–Crippen LogP) is 3.36. The molecule has 0 bridgehead atoms. The van der Waals surface area contributed by atoms with Gasteiger partial charge in [0.25, 0.3) is 0 Å². The van der Waals surface area contributed by atoms with Crippen molar-refractivity contribution in [1.29, 1.82) is 0 Å². The Labute approximate surface area is 133 Å². The maximum Gasteiger partial charge on any atom is 0.439 e. The van der Waals surface area contributed by atoms with Gasteiger partial charge in [-0.3, -0.25) is 0 Å². The number of rotatable bonds is 4. The number of nitrogens with zero attached hydrogens (tertiary/aromatic N) is 1. The lowest BCUT2D eigenvalue weighted by atomic mass is 10.0. The number of carboxylic acid groups (broad SMARTS) is 1. The molecule has 0 saturated heterocycles. The molecule has 0 fully saturated rings. The fourth-order valence-electron chi connectivity index (χ4n) is 1.68. The standard InChI is InChI=1S/C14H14F5NO4/c1-14(2,3)24-13(23)20(19)8(12(21)22)5-6-4-7(15)10(17)11(18)9(6)16/h4,8H,5H2,1-3H3,(H,21,22). The molecule has 0 radical (unpaired) electrons. The van der Waals surface area contributed by atoms with Gasteiger partial charge in [0.15, 0.2) is 29.3 Å². The van der Waals surface area contributed by atoms with E-state index in [9.17, 15) is 31.6 Å². The number of benzene rings is 1. The number of hydrogen-bond acceptors (Lipinski definition) is 3. The Bertz CT molecular complexity index is 660. The molecule has 0 aliphatic carbocycles. The van der Waals surface area contributed by atoms with Gasteiger partial charge in [-0.15, -0.1) is 5.12 Å². The van der Waals surface area contributed by atoms with Crippen LogP contribution in [0.5, 0.6) is 0 Å². The zero-order chi connectivity index (χ0) is 18.8. The SMILES string of the molecule is CC(C)(C)OC(=O)N(F)C(Cc1cc(F)c(F)c(F)c1F)C(=O)O. The van der Waals surface area contributed by atoms with Gasteiger partial charge in [0.05, 0.1) is 0 Å². The lowest BCUT2D eigenvalue weighted by Gasteiger charge is -2.25. The fraction of sp³-hybridized carbons (Fsp3) is 0.429. The Hall–Kier alpha value is -2.39. The molecule has 1 aromatic rings. The van der Waals surface area contributed by atoms with Crippen LogP contribution in [0.2, 0.25) is 0 Å². The van der Waals surface area contributed by atoms with E-state index >= 15 is 0 Å². The van der Waals surface area contributed by atoms with Crippen LogP contribution >= 0.6 is 0 Å². The highest BCUT2D eigenvalue weighted by Gasteiger charge is 2.35. The van der Waals surface area contributed by atoms with Gasteiger partial charge in [-0.1, -0.05) is 4.48 Å². The maximum atomic E-state index is 13.9. The van der Waals surface area contributed by atoms with E-state index in [4.69, 9.17) is 5.11 Å². The van der Waals surface area contributed by atoms with Crippen molar-refractivity contribution in [3.05, 3.63) is 34.9 Å². The lowest BCUT2D eigenvalue weighted by Crippen LogP contribution is -2.43. The van der Waals surface area contributed by atoms with Crippen LogP contribution in [0.15, 0.2) is 6.07 Å². The number of ether oxygens (including phenoxy) is 1.